The van der Waals surface area contributed by atoms with Crippen LogP contribution in [0.3, 0.4) is 0 Å². The highest BCUT2D eigenvalue weighted by molar-refractivity contribution is 7.17. The third kappa shape index (κ3) is 2.68. The number of halogens is 1. The number of nitrogens with two attached hydrogens (primary N) is 1. The summed E-state index contributed by atoms with van der Waals surface area (Å²) in [4.78, 5) is 25.8. The van der Waals surface area contributed by atoms with E-state index in [2.05, 4.69) is 5.32 Å². The molecule has 0 radical (unpaired) electrons. The van der Waals surface area contributed by atoms with Gasteiger partial charge in [0.05, 0.1) is 5.56 Å². The first-order chi connectivity index (χ1) is 12.5. The SMILES string of the molecule is Cc1c(C(=O)Nc2sc3c(c2C(N)=O)CCCC3)oc2ccc(F)cc12. The van der Waals surface area contributed by atoms with Crippen molar-refractivity contribution >= 4 is 39.1 Å². The van der Waals surface area contributed by atoms with E-state index in [1.807, 2.05) is 0 Å². The van der Waals surface area contributed by atoms with E-state index in [9.17, 15) is 14.0 Å². The number of carbonyl (C=O) groups excluding carboxylic acids is 2. The van der Waals surface area contributed by atoms with Crippen LogP contribution in [-0.4, -0.2) is 11.8 Å². The number of rotatable bonds is 3. The Hall–Kier alpha value is -2.67. The van der Waals surface area contributed by atoms with Crippen LogP contribution in [0, 0.1) is 12.7 Å². The maximum absolute atomic E-state index is 13.5. The Morgan fingerprint density at radius 2 is 2.04 bits per heavy atom. The molecule has 7 heteroatoms. The van der Waals surface area contributed by atoms with Gasteiger partial charge in [0.25, 0.3) is 11.8 Å². The van der Waals surface area contributed by atoms with Gasteiger partial charge >= 0.3 is 0 Å². The maximum atomic E-state index is 13.5. The zero-order valence-corrected chi connectivity index (χ0v) is 15.0. The molecule has 0 atom stereocenters. The molecule has 3 aromatic rings. The summed E-state index contributed by atoms with van der Waals surface area (Å²) in [5.41, 5.74) is 7.90. The van der Waals surface area contributed by atoms with Crippen molar-refractivity contribution in [2.75, 3.05) is 5.32 Å². The van der Waals surface area contributed by atoms with Gasteiger partial charge in [-0.25, -0.2) is 4.39 Å². The van der Waals surface area contributed by atoms with Crippen LogP contribution in [0.4, 0.5) is 9.39 Å². The zero-order valence-electron chi connectivity index (χ0n) is 14.1. The lowest BCUT2D eigenvalue weighted by Crippen LogP contribution is -2.18. The van der Waals surface area contributed by atoms with E-state index in [1.54, 1.807) is 6.92 Å². The minimum absolute atomic E-state index is 0.104. The summed E-state index contributed by atoms with van der Waals surface area (Å²) in [6.45, 7) is 1.70. The summed E-state index contributed by atoms with van der Waals surface area (Å²) in [5, 5.41) is 3.78. The highest BCUT2D eigenvalue weighted by Gasteiger charge is 2.26. The number of nitrogens with one attached hydrogen (secondary N) is 1. The number of anilines is 1. The van der Waals surface area contributed by atoms with E-state index in [4.69, 9.17) is 10.2 Å². The molecule has 0 fully saturated rings. The van der Waals surface area contributed by atoms with Gasteiger partial charge in [0.2, 0.25) is 0 Å². The Morgan fingerprint density at radius 1 is 1.27 bits per heavy atom. The summed E-state index contributed by atoms with van der Waals surface area (Å²) < 4.78 is 19.1. The molecule has 2 aromatic heterocycles. The van der Waals surface area contributed by atoms with E-state index < -0.39 is 17.6 Å². The number of aryl methyl sites for hydroxylation is 2. The van der Waals surface area contributed by atoms with Gasteiger partial charge in [-0.3, -0.25) is 9.59 Å². The lowest BCUT2D eigenvalue weighted by Gasteiger charge is -2.11. The molecule has 0 aliphatic heterocycles. The van der Waals surface area contributed by atoms with Crippen LogP contribution in [-0.2, 0) is 12.8 Å². The van der Waals surface area contributed by atoms with Crippen LogP contribution in [0.1, 0.15) is 49.8 Å². The van der Waals surface area contributed by atoms with Crippen molar-refractivity contribution in [3.8, 4) is 0 Å². The van der Waals surface area contributed by atoms with Crippen LogP contribution in [0.25, 0.3) is 11.0 Å². The number of furan rings is 1. The van der Waals surface area contributed by atoms with Crippen molar-refractivity contribution in [1.82, 2.24) is 0 Å². The minimum atomic E-state index is -0.539. The minimum Gasteiger partial charge on any atom is -0.451 e. The molecule has 0 spiro atoms. The Labute approximate surface area is 153 Å². The van der Waals surface area contributed by atoms with Crippen molar-refractivity contribution in [3.63, 3.8) is 0 Å². The number of benzene rings is 1. The van der Waals surface area contributed by atoms with Crippen LogP contribution in [0.2, 0.25) is 0 Å². The van der Waals surface area contributed by atoms with Crippen molar-refractivity contribution in [2.45, 2.75) is 32.6 Å². The first-order valence-corrected chi connectivity index (χ1v) is 9.21. The molecule has 5 nitrogen and oxygen atoms in total. The van der Waals surface area contributed by atoms with Crippen molar-refractivity contribution in [2.24, 2.45) is 5.73 Å². The fraction of sp³-hybridized carbons (Fsp3) is 0.263. The number of fused-ring (bicyclic) bond motifs is 2. The lowest BCUT2D eigenvalue weighted by molar-refractivity contribution is 0.0998. The van der Waals surface area contributed by atoms with Crippen molar-refractivity contribution in [1.29, 1.82) is 0 Å². The second-order valence-electron chi connectivity index (χ2n) is 6.43. The van der Waals surface area contributed by atoms with Gasteiger partial charge in [-0.05, 0) is 56.4 Å². The topological polar surface area (TPSA) is 85.3 Å². The van der Waals surface area contributed by atoms with Crippen LogP contribution in [0.5, 0.6) is 0 Å². The number of carbonyl (C=O) groups is 2. The van der Waals surface area contributed by atoms with E-state index >= 15 is 0 Å². The Kier molecular flexibility index (Phi) is 4.03. The van der Waals surface area contributed by atoms with Crippen molar-refractivity contribution < 1.29 is 18.4 Å². The van der Waals surface area contributed by atoms with Crippen LogP contribution < -0.4 is 11.1 Å². The molecule has 0 saturated carbocycles. The number of amides is 2. The molecule has 0 bridgehead atoms. The fourth-order valence-corrected chi connectivity index (χ4v) is 4.77. The molecular weight excluding hydrogens is 355 g/mol. The third-order valence-electron chi connectivity index (χ3n) is 4.75. The highest BCUT2D eigenvalue weighted by atomic mass is 32.1. The molecule has 4 rings (SSSR count). The van der Waals surface area contributed by atoms with Gasteiger partial charge in [-0.2, -0.15) is 0 Å². The number of primary amides is 1. The van der Waals surface area contributed by atoms with Gasteiger partial charge in [-0.15, -0.1) is 11.3 Å². The monoisotopic (exact) mass is 372 g/mol. The largest absolute Gasteiger partial charge is 0.451 e. The normalized spacial score (nSPS) is 13.6. The van der Waals surface area contributed by atoms with Gasteiger partial charge < -0.3 is 15.5 Å². The molecule has 2 heterocycles. The number of hydrogen-bond donors (Lipinski definition) is 2. The second kappa shape index (κ2) is 6.25. The van der Waals surface area contributed by atoms with E-state index in [-0.39, 0.29) is 5.76 Å². The molecule has 0 saturated heterocycles. The molecule has 2 amide bonds. The van der Waals surface area contributed by atoms with Crippen LogP contribution in [0.15, 0.2) is 22.6 Å². The maximum Gasteiger partial charge on any atom is 0.292 e. The quantitative estimate of drug-likeness (QED) is 0.723. The molecule has 1 aliphatic rings. The summed E-state index contributed by atoms with van der Waals surface area (Å²) in [7, 11) is 0. The molecular formula is C19H17FN2O3S. The summed E-state index contributed by atoms with van der Waals surface area (Å²) in [6.07, 6.45) is 3.75. The first-order valence-electron chi connectivity index (χ1n) is 8.40. The van der Waals surface area contributed by atoms with Gasteiger partial charge in [-0.1, -0.05) is 0 Å². The van der Waals surface area contributed by atoms with Gasteiger partial charge in [0, 0.05) is 15.8 Å². The first kappa shape index (κ1) is 16.8. The molecule has 26 heavy (non-hydrogen) atoms. The third-order valence-corrected chi connectivity index (χ3v) is 5.96. The smallest absolute Gasteiger partial charge is 0.292 e. The highest BCUT2D eigenvalue weighted by Crippen LogP contribution is 2.38. The average Bonchev–Trinajstić information content (AvgIpc) is 3.12. The lowest BCUT2D eigenvalue weighted by atomic mass is 9.95. The predicted octanol–water partition coefficient (Wildman–Crippen LogP) is 4.17. The molecule has 134 valence electrons. The van der Waals surface area contributed by atoms with E-state index in [0.717, 1.165) is 36.1 Å². The summed E-state index contributed by atoms with van der Waals surface area (Å²) in [5.74, 6) is -1.30. The van der Waals surface area contributed by atoms with E-state index in [0.29, 0.717) is 27.1 Å². The summed E-state index contributed by atoms with van der Waals surface area (Å²) in [6, 6.07) is 4.11. The summed E-state index contributed by atoms with van der Waals surface area (Å²) >= 11 is 1.39. The van der Waals surface area contributed by atoms with Gasteiger partial charge in [0.1, 0.15) is 16.4 Å². The van der Waals surface area contributed by atoms with E-state index in [1.165, 1.54) is 29.5 Å². The molecule has 0 unspecified atom stereocenters. The average molecular weight is 372 g/mol. The Balaban J connectivity index is 1.72. The molecule has 1 aromatic carbocycles. The number of hydrogen-bond acceptors (Lipinski definition) is 4. The Morgan fingerprint density at radius 3 is 2.81 bits per heavy atom. The predicted molar refractivity (Wildman–Crippen MR) is 98.3 cm³/mol. The molecule has 1 aliphatic carbocycles. The Bertz CT molecular complexity index is 1050. The zero-order chi connectivity index (χ0) is 18.4. The fourth-order valence-electron chi connectivity index (χ4n) is 3.48. The van der Waals surface area contributed by atoms with Gasteiger partial charge in [0.15, 0.2) is 5.76 Å². The van der Waals surface area contributed by atoms with Crippen molar-refractivity contribution in [3.05, 3.63) is 51.3 Å². The number of thiophene rings is 1. The second-order valence-corrected chi connectivity index (χ2v) is 7.54. The van der Waals surface area contributed by atoms with Crippen LogP contribution >= 0.6 is 11.3 Å². The standard InChI is InChI=1S/C19H17FN2O3S/c1-9-12-8-10(20)6-7-13(12)25-16(9)18(24)22-19-15(17(21)23)11-4-2-3-5-14(11)26-19/h6-8H,2-5H2,1H3,(H2,21,23)(H,22,24). The molecule has 3 N–H and O–H groups in total.